The van der Waals surface area contributed by atoms with E-state index in [-0.39, 0.29) is 6.61 Å². The van der Waals surface area contributed by atoms with E-state index in [0.717, 1.165) is 11.3 Å². The lowest BCUT2D eigenvalue weighted by Gasteiger charge is -2.13. The predicted molar refractivity (Wildman–Crippen MR) is 110 cm³/mol. The minimum atomic E-state index is -0.804. The number of aromatic nitrogens is 2. The van der Waals surface area contributed by atoms with E-state index in [1.54, 1.807) is 37.4 Å². The zero-order chi connectivity index (χ0) is 20.9. The molecule has 1 atom stereocenters. The van der Waals surface area contributed by atoms with Crippen LogP contribution in [-0.4, -0.2) is 15.5 Å². The molecule has 2 aromatic heterocycles. The lowest BCUT2D eigenvalue weighted by Crippen LogP contribution is -2.26. The molecule has 2 aromatic carbocycles. The van der Waals surface area contributed by atoms with Crippen molar-refractivity contribution < 1.29 is 18.7 Å². The number of esters is 1. The summed E-state index contributed by atoms with van der Waals surface area (Å²) in [6, 6.07) is 19.1. The molecule has 0 saturated carbocycles. The van der Waals surface area contributed by atoms with Crippen molar-refractivity contribution in [2.75, 3.05) is 0 Å². The summed E-state index contributed by atoms with van der Waals surface area (Å²) in [7, 11) is 0. The van der Waals surface area contributed by atoms with E-state index in [2.05, 4.69) is 4.98 Å². The Labute approximate surface area is 172 Å². The molecule has 4 rings (SSSR count). The van der Waals surface area contributed by atoms with Gasteiger partial charge in [0, 0.05) is 6.20 Å². The molecule has 0 aliphatic rings. The SMILES string of the molecule is CC(C(=O)OCc1ccc(OCc2ccccn2)cc1)n1c(=O)oc2ccccc21. The van der Waals surface area contributed by atoms with Gasteiger partial charge in [-0.2, -0.15) is 0 Å². The number of hydrogen-bond donors (Lipinski definition) is 0. The van der Waals surface area contributed by atoms with Crippen molar-refractivity contribution in [2.24, 2.45) is 0 Å². The fourth-order valence-electron chi connectivity index (χ4n) is 3.05. The first-order chi connectivity index (χ1) is 14.6. The summed E-state index contributed by atoms with van der Waals surface area (Å²) in [5.74, 6) is -0.408. The third-order valence-corrected chi connectivity index (χ3v) is 4.66. The lowest BCUT2D eigenvalue weighted by molar-refractivity contribution is -0.148. The van der Waals surface area contributed by atoms with Crippen molar-refractivity contribution in [3.05, 3.63) is 94.7 Å². The minimum absolute atomic E-state index is 0.0915. The van der Waals surface area contributed by atoms with Crippen LogP contribution in [0.4, 0.5) is 0 Å². The van der Waals surface area contributed by atoms with Crippen LogP contribution in [0.5, 0.6) is 5.75 Å². The molecule has 0 bridgehead atoms. The third-order valence-electron chi connectivity index (χ3n) is 4.66. The second kappa shape index (κ2) is 8.65. The Morgan fingerprint density at radius 3 is 2.57 bits per heavy atom. The van der Waals surface area contributed by atoms with Crippen LogP contribution in [0, 0.1) is 0 Å². The minimum Gasteiger partial charge on any atom is -0.487 e. The van der Waals surface area contributed by atoms with Gasteiger partial charge < -0.3 is 13.9 Å². The number of hydrogen-bond acceptors (Lipinski definition) is 6. The molecule has 7 heteroatoms. The first-order valence-electron chi connectivity index (χ1n) is 9.50. The number of fused-ring (bicyclic) bond motifs is 1. The van der Waals surface area contributed by atoms with E-state index in [0.29, 0.717) is 23.5 Å². The number of oxazole rings is 1. The fraction of sp³-hybridized carbons (Fsp3) is 0.174. The summed E-state index contributed by atoms with van der Waals surface area (Å²) >= 11 is 0. The second-order valence-electron chi connectivity index (χ2n) is 6.74. The Morgan fingerprint density at radius 2 is 1.80 bits per heavy atom. The number of benzene rings is 2. The maximum Gasteiger partial charge on any atom is 0.420 e. The molecule has 0 radical (unpaired) electrons. The molecular formula is C23H20N2O5. The average Bonchev–Trinajstić information content (AvgIpc) is 3.12. The number of nitrogens with zero attached hydrogens (tertiary/aromatic N) is 2. The Balaban J connectivity index is 1.35. The van der Waals surface area contributed by atoms with Gasteiger partial charge in [-0.05, 0) is 48.9 Å². The van der Waals surface area contributed by atoms with Crippen LogP contribution < -0.4 is 10.5 Å². The maximum absolute atomic E-state index is 12.5. The highest BCUT2D eigenvalue weighted by molar-refractivity contribution is 5.79. The van der Waals surface area contributed by atoms with Gasteiger partial charge in [0.25, 0.3) is 0 Å². The number of para-hydroxylation sites is 2. The lowest BCUT2D eigenvalue weighted by atomic mass is 10.2. The predicted octanol–water partition coefficient (Wildman–Crippen LogP) is 3.87. The van der Waals surface area contributed by atoms with E-state index in [4.69, 9.17) is 13.9 Å². The Kier molecular flexibility index (Phi) is 5.61. The molecule has 0 aliphatic heterocycles. The van der Waals surface area contributed by atoms with Crippen molar-refractivity contribution in [2.45, 2.75) is 26.2 Å². The van der Waals surface area contributed by atoms with Crippen LogP contribution in [0.3, 0.4) is 0 Å². The zero-order valence-electron chi connectivity index (χ0n) is 16.4. The van der Waals surface area contributed by atoms with Crippen LogP contribution >= 0.6 is 0 Å². The average molecular weight is 404 g/mol. The van der Waals surface area contributed by atoms with Crippen LogP contribution in [0.1, 0.15) is 24.2 Å². The van der Waals surface area contributed by atoms with Crippen LogP contribution in [0.15, 0.2) is 82.1 Å². The Hall–Kier alpha value is -3.87. The van der Waals surface area contributed by atoms with Gasteiger partial charge in [-0.15, -0.1) is 0 Å². The van der Waals surface area contributed by atoms with Gasteiger partial charge in [-0.1, -0.05) is 30.3 Å². The monoisotopic (exact) mass is 404 g/mol. The molecule has 0 saturated heterocycles. The summed E-state index contributed by atoms with van der Waals surface area (Å²) in [6.45, 7) is 2.08. The quantitative estimate of drug-likeness (QED) is 0.435. The highest BCUT2D eigenvalue weighted by Gasteiger charge is 2.22. The molecule has 30 heavy (non-hydrogen) atoms. The molecule has 0 amide bonds. The van der Waals surface area contributed by atoms with Gasteiger partial charge in [0.05, 0.1) is 11.2 Å². The molecule has 0 fully saturated rings. The smallest absolute Gasteiger partial charge is 0.420 e. The molecule has 0 N–H and O–H groups in total. The van der Waals surface area contributed by atoms with Crippen LogP contribution in [-0.2, 0) is 22.7 Å². The Morgan fingerprint density at radius 1 is 1.03 bits per heavy atom. The van der Waals surface area contributed by atoms with Gasteiger partial charge in [0.2, 0.25) is 0 Å². The largest absolute Gasteiger partial charge is 0.487 e. The molecule has 1 unspecified atom stereocenters. The fourth-order valence-corrected chi connectivity index (χ4v) is 3.05. The molecule has 4 aromatic rings. The topological polar surface area (TPSA) is 83.6 Å². The van der Waals surface area contributed by atoms with Crippen molar-refractivity contribution in [1.29, 1.82) is 0 Å². The van der Waals surface area contributed by atoms with Gasteiger partial charge in [-0.25, -0.2) is 9.59 Å². The highest BCUT2D eigenvalue weighted by Crippen LogP contribution is 2.19. The third kappa shape index (κ3) is 4.25. The molecule has 2 heterocycles. The molecule has 0 aliphatic carbocycles. The maximum atomic E-state index is 12.5. The first-order valence-corrected chi connectivity index (χ1v) is 9.50. The Bertz CT molecular complexity index is 1200. The number of carbonyl (C=O) groups excluding carboxylic acids is 1. The van der Waals surface area contributed by atoms with Gasteiger partial charge in [0.1, 0.15) is 25.0 Å². The van der Waals surface area contributed by atoms with E-state index in [9.17, 15) is 9.59 Å². The molecular weight excluding hydrogens is 384 g/mol. The molecule has 152 valence electrons. The van der Waals surface area contributed by atoms with E-state index < -0.39 is 17.8 Å². The van der Waals surface area contributed by atoms with Crippen molar-refractivity contribution in [3.63, 3.8) is 0 Å². The van der Waals surface area contributed by atoms with Gasteiger partial charge >= 0.3 is 11.7 Å². The number of pyridine rings is 1. The summed E-state index contributed by atoms with van der Waals surface area (Å²) in [5, 5.41) is 0. The summed E-state index contributed by atoms with van der Waals surface area (Å²) in [4.78, 5) is 28.8. The zero-order valence-corrected chi connectivity index (χ0v) is 16.4. The van der Waals surface area contributed by atoms with E-state index in [1.807, 2.05) is 42.5 Å². The number of rotatable bonds is 7. The first kappa shape index (κ1) is 19.4. The summed E-state index contributed by atoms with van der Waals surface area (Å²) < 4.78 is 17.6. The number of carbonyl (C=O) groups is 1. The molecule has 7 nitrogen and oxygen atoms in total. The van der Waals surface area contributed by atoms with Gasteiger partial charge in [0.15, 0.2) is 5.58 Å². The van der Waals surface area contributed by atoms with Crippen molar-refractivity contribution >= 4 is 17.1 Å². The molecule has 0 spiro atoms. The van der Waals surface area contributed by atoms with Gasteiger partial charge in [-0.3, -0.25) is 9.55 Å². The normalized spacial score (nSPS) is 11.9. The summed E-state index contributed by atoms with van der Waals surface area (Å²) in [6.07, 6.45) is 1.72. The van der Waals surface area contributed by atoms with E-state index in [1.165, 1.54) is 4.57 Å². The van der Waals surface area contributed by atoms with Crippen molar-refractivity contribution in [1.82, 2.24) is 9.55 Å². The van der Waals surface area contributed by atoms with E-state index >= 15 is 0 Å². The van der Waals surface area contributed by atoms with Crippen LogP contribution in [0.2, 0.25) is 0 Å². The second-order valence-corrected chi connectivity index (χ2v) is 6.74. The standard InChI is InChI=1S/C23H20N2O5/c1-16(25-20-7-2-3-8-21(20)30-23(25)27)22(26)29-14-17-9-11-19(12-10-17)28-15-18-6-4-5-13-24-18/h2-13,16H,14-15H2,1H3. The number of ether oxygens (including phenoxy) is 2. The summed E-state index contributed by atoms with van der Waals surface area (Å²) in [5.41, 5.74) is 2.64. The highest BCUT2D eigenvalue weighted by atomic mass is 16.5. The van der Waals surface area contributed by atoms with Crippen LogP contribution in [0.25, 0.3) is 11.1 Å². The van der Waals surface area contributed by atoms with Crippen molar-refractivity contribution in [3.8, 4) is 5.75 Å².